The fourth-order valence-electron chi connectivity index (χ4n) is 2.79. The highest BCUT2D eigenvalue weighted by atomic mass is 19.1. The number of benzene rings is 2. The molecule has 7 heteroatoms. The predicted octanol–water partition coefficient (Wildman–Crippen LogP) is 1.87. The number of para-hydroxylation sites is 1. The van der Waals surface area contributed by atoms with E-state index >= 15 is 0 Å². The van der Waals surface area contributed by atoms with E-state index in [1.807, 2.05) is 18.2 Å². The minimum atomic E-state index is -0.703. The van der Waals surface area contributed by atoms with E-state index in [-0.39, 0.29) is 30.4 Å². The van der Waals surface area contributed by atoms with Crippen molar-refractivity contribution in [3.05, 3.63) is 65.5 Å². The van der Waals surface area contributed by atoms with Gasteiger partial charge in [0.1, 0.15) is 17.6 Å². The minimum absolute atomic E-state index is 0.137. The molecule has 0 radical (unpaired) electrons. The molecule has 26 heavy (non-hydrogen) atoms. The first-order valence-electron chi connectivity index (χ1n) is 8.20. The number of nitrogens with zero attached hydrogens (tertiary/aromatic N) is 2. The van der Waals surface area contributed by atoms with Crippen LogP contribution in [0.15, 0.2) is 53.6 Å². The zero-order valence-corrected chi connectivity index (χ0v) is 14.3. The van der Waals surface area contributed by atoms with Crippen LogP contribution in [0.3, 0.4) is 0 Å². The van der Waals surface area contributed by atoms with E-state index in [1.165, 1.54) is 11.1 Å². The molecular weight excluding hydrogens is 335 g/mol. The summed E-state index contributed by atoms with van der Waals surface area (Å²) in [6.07, 6.45) is 0.137. The Morgan fingerprint density at radius 3 is 2.65 bits per heavy atom. The van der Waals surface area contributed by atoms with Crippen molar-refractivity contribution in [2.75, 3.05) is 5.01 Å². The molecule has 0 fully saturated rings. The molecule has 0 saturated carbocycles. The minimum Gasteiger partial charge on any atom is -0.368 e. The van der Waals surface area contributed by atoms with Crippen molar-refractivity contribution < 1.29 is 14.0 Å². The zero-order chi connectivity index (χ0) is 18.7. The second kappa shape index (κ2) is 7.35. The maximum Gasteiger partial charge on any atom is 0.267 e. The second-order valence-corrected chi connectivity index (χ2v) is 6.12. The average Bonchev–Trinajstić information content (AvgIpc) is 3.09. The third-order valence-electron chi connectivity index (χ3n) is 4.20. The van der Waals surface area contributed by atoms with Crippen molar-refractivity contribution in [3.63, 3.8) is 0 Å². The maximum atomic E-state index is 13.3. The van der Waals surface area contributed by atoms with Gasteiger partial charge >= 0.3 is 0 Å². The molecule has 1 aliphatic heterocycles. The van der Waals surface area contributed by atoms with E-state index < -0.39 is 11.9 Å². The third kappa shape index (κ3) is 3.72. The monoisotopic (exact) mass is 354 g/mol. The predicted molar refractivity (Wildman–Crippen MR) is 96.9 cm³/mol. The van der Waals surface area contributed by atoms with Crippen LogP contribution in [0, 0.1) is 12.7 Å². The third-order valence-corrected chi connectivity index (χ3v) is 4.20. The molecule has 1 heterocycles. The number of hydrogen-bond donors (Lipinski definition) is 2. The lowest BCUT2D eigenvalue weighted by molar-refractivity contribution is -0.119. The van der Waals surface area contributed by atoms with Gasteiger partial charge in [-0.1, -0.05) is 30.3 Å². The van der Waals surface area contributed by atoms with Crippen molar-refractivity contribution in [2.45, 2.75) is 25.9 Å². The van der Waals surface area contributed by atoms with E-state index in [2.05, 4.69) is 10.4 Å². The van der Waals surface area contributed by atoms with E-state index in [0.717, 1.165) is 5.56 Å². The summed E-state index contributed by atoms with van der Waals surface area (Å²) in [5.41, 5.74) is 7.68. The van der Waals surface area contributed by atoms with Gasteiger partial charge in [-0.3, -0.25) is 14.6 Å². The van der Waals surface area contributed by atoms with Gasteiger partial charge in [-0.25, -0.2) is 4.39 Å². The van der Waals surface area contributed by atoms with Gasteiger partial charge in [-0.15, -0.1) is 0 Å². The van der Waals surface area contributed by atoms with Gasteiger partial charge in [0, 0.05) is 13.0 Å². The van der Waals surface area contributed by atoms with Crippen LogP contribution in [-0.2, 0) is 16.1 Å². The normalized spacial score (nSPS) is 16.3. The number of aryl methyl sites for hydroxylation is 1. The average molecular weight is 354 g/mol. The number of nitrogens with two attached hydrogens (primary N) is 1. The first-order valence-corrected chi connectivity index (χ1v) is 8.20. The lowest BCUT2D eigenvalue weighted by Crippen LogP contribution is -2.39. The standard InChI is InChI=1S/C19H19FN4O2/c1-12-9-13(7-8-15(12)20)11-22-19(26)16-10-17(18(21)25)24(23-16)14-5-3-2-4-6-14/h2-9,17H,10-11H2,1H3,(H2,21,25)(H,22,26). The quantitative estimate of drug-likeness (QED) is 0.859. The highest BCUT2D eigenvalue weighted by Crippen LogP contribution is 2.24. The number of hydrogen-bond acceptors (Lipinski definition) is 4. The molecule has 0 bridgehead atoms. The molecular formula is C19H19FN4O2. The summed E-state index contributed by atoms with van der Waals surface area (Å²) < 4.78 is 13.3. The number of amides is 2. The molecule has 0 aromatic heterocycles. The molecule has 0 aliphatic carbocycles. The van der Waals surface area contributed by atoms with Crippen molar-refractivity contribution in [2.24, 2.45) is 10.8 Å². The molecule has 2 amide bonds. The summed E-state index contributed by atoms with van der Waals surface area (Å²) in [5.74, 6) is -1.21. The van der Waals surface area contributed by atoms with Gasteiger partial charge in [0.25, 0.3) is 5.91 Å². The summed E-state index contributed by atoms with van der Waals surface area (Å²) in [4.78, 5) is 24.2. The van der Waals surface area contributed by atoms with E-state index in [9.17, 15) is 14.0 Å². The van der Waals surface area contributed by atoms with Crippen LogP contribution < -0.4 is 16.1 Å². The number of rotatable bonds is 5. The lowest BCUT2D eigenvalue weighted by atomic mass is 10.1. The number of anilines is 1. The van der Waals surface area contributed by atoms with E-state index in [1.54, 1.807) is 31.2 Å². The Balaban J connectivity index is 1.72. The van der Waals surface area contributed by atoms with Crippen molar-refractivity contribution in [1.29, 1.82) is 0 Å². The van der Waals surface area contributed by atoms with Crippen molar-refractivity contribution >= 4 is 23.2 Å². The van der Waals surface area contributed by atoms with Gasteiger partial charge in [0.05, 0.1) is 5.69 Å². The lowest BCUT2D eigenvalue weighted by Gasteiger charge is -2.20. The first kappa shape index (κ1) is 17.6. The summed E-state index contributed by atoms with van der Waals surface area (Å²) in [7, 11) is 0. The topological polar surface area (TPSA) is 87.8 Å². The zero-order valence-electron chi connectivity index (χ0n) is 14.3. The molecule has 134 valence electrons. The Morgan fingerprint density at radius 1 is 1.27 bits per heavy atom. The highest BCUT2D eigenvalue weighted by molar-refractivity contribution is 6.40. The fourth-order valence-corrected chi connectivity index (χ4v) is 2.79. The SMILES string of the molecule is Cc1cc(CNC(=O)C2=NN(c3ccccc3)C(C(N)=O)C2)ccc1F. The van der Waals surface area contributed by atoms with Crippen LogP contribution in [0.5, 0.6) is 0 Å². The smallest absolute Gasteiger partial charge is 0.267 e. The Kier molecular flexibility index (Phi) is 4.97. The van der Waals surface area contributed by atoms with Crippen LogP contribution in [0.25, 0.3) is 0 Å². The van der Waals surface area contributed by atoms with Gasteiger partial charge in [0.15, 0.2) is 0 Å². The number of nitrogens with one attached hydrogen (secondary N) is 1. The number of hydrazone groups is 1. The van der Waals surface area contributed by atoms with Gasteiger partial charge < -0.3 is 11.1 Å². The second-order valence-electron chi connectivity index (χ2n) is 6.12. The maximum absolute atomic E-state index is 13.3. The molecule has 1 aliphatic rings. The molecule has 2 aromatic carbocycles. The number of primary amides is 1. The van der Waals surface area contributed by atoms with Crippen LogP contribution in [-0.4, -0.2) is 23.6 Å². The van der Waals surface area contributed by atoms with Gasteiger partial charge in [-0.2, -0.15) is 5.10 Å². The number of carbonyl (C=O) groups excluding carboxylic acids is 2. The number of carbonyl (C=O) groups is 2. The fraction of sp³-hybridized carbons (Fsp3) is 0.211. The Morgan fingerprint density at radius 2 is 2.00 bits per heavy atom. The summed E-state index contributed by atoms with van der Waals surface area (Å²) in [5, 5.41) is 8.50. The molecule has 0 spiro atoms. The van der Waals surface area contributed by atoms with Crippen molar-refractivity contribution in [1.82, 2.24) is 5.32 Å². The molecule has 6 nitrogen and oxygen atoms in total. The number of halogens is 1. The van der Waals surface area contributed by atoms with Crippen LogP contribution in [0.4, 0.5) is 10.1 Å². The molecule has 2 aromatic rings. The summed E-state index contributed by atoms with van der Waals surface area (Å²) in [6, 6.07) is 13.0. The molecule has 0 saturated heterocycles. The largest absolute Gasteiger partial charge is 0.368 e. The Labute approximate surface area is 150 Å². The molecule has 1 unspecified atom stereocenters. The Hall–Kier alpha value is -3.22. The van der Waals surface area contributed by atoms with Crippen LogP contribution in [0.1, 0.15) is 17.5 Å². The van der Waals surface area contributed by atoms with E-state index in [0.29, 0.717) is 11.3 Å². The first-order chi connectivity index (χ1) is 12.5. The van der Waals surface area contributed by atoms with Gasteiger partial charge in [-0.05, 0) is 36.2 Å². The summed E-state index contributed by atoms with van der Waals surface area (Å²) >= 11 is 0. The summed E-state index contributed by atoms with van der Waals surface area (Å²) in [6.45, 7) is 1.91. The molecule has 1 atom stereocenters. The Bertz CT molecular complexity index is 867. The molecule has 3 rings (SSSR count). The van der Waals surface area contributed by atoms with Crippen LogP contribution >= 0.6 is 0 Å². The van der Waals surface area contributed by atoms with Gasteiger partial charge in [0.2, 0.25) is 5.91 Å². The van der Waals surface area contributed by atoms with E-state index in [4.69, 9.17) is 5.73 Å². The highest BCUT2D eigenvalue weighted by Gasteiger charge is 2.34. The van der Waals surface area contributed by atoms with Crippen LogP contribution in [0.2, 0.25) is 0 Å². The van der Waals surface area contributed by atoms with Crippen molar-refractivity contribution in [3.8, 4) is 0 Å². The molecule has 3 N–H and O–H groups in total.